The maximum atomic E-state index is 12.9. The van der Waals surface area contributed by atoms with Crippen LogP contribution < -0.4 is 0 Å². The first-order valence-corrected chi connectivity index (χ1v) is 10.1. The minimum atomic E-state index is -3.61. The van der Waals surface area contributed by atoms with Crippen molar-refractivity contribution < 1.29 is 17.9 Å². The number of benzene rings is 1. The first-order chi connectivity index (χ1) is 10.9. The van der Waals surface area contributed by atoms with Crippen LogP contribution in [0.1, 0.15) is 0 Å². The molecular formula is C15H20N2O4S2. The Morgan fingerprint density at radius 2 is 1.87 bits per heavy atom. The van der Waals surface area contributed by atoms with Crippen LogP contribution in [-0.4, -0.2) is 69.2 Å². The second-order valence-corrected chi connectivity index (χ2v) is 8.65. The van der Waals surface area contributed by atoms with E-state index < -0.39 is 15.9 Å². The van der Waals surface area contributed by atoms with Crippen LogP contribution in [0.5, 0.6) is 0 Å². The Morgan fingerprint density at radius 3 is 2.52 bits per heavy atom. The molecular weight excluding hydrogens is 336 g/mol. The normalized spacial score (nSPS) is 26.2. The predicted octanol–water partition coefficient (Wildman–Crippen LogP) is 0.886. The van der Waals surface area contributed by atoms with Gasteiger partial charge in [0.05, 0.1) is 30.1 Å². The Balaban J connectivity index is 1.92. The maximum Gasteiger partial charge on any atom is 0.243 e. The van der Waals surface area contributed by atoms with Gasteiger partial charge in [-0.15, -0.1) is 11.8 Å². The summed E-state index contributed by atoms with van der Waals surface area (Å²) in [5, 5.41) is 0. The third-order valence-electron chi connectivity index (χ3n) is 4.41. The summed E-state index contributed by atoms with van der Waals surface area (Å²) in [7, 11) is -1.89. The molecule has 2 aliphatic heterocycles. The van der Waals surface area contributed by atoms with Crippen molar-refractivity contribution in [2.75, 3.05) is 39.6 Å². The molecule has 1 amide bonds. The molecule has 1 aromatic rings. The van der Waals surface area contributed by atoms with E-state index >= 15 is 0 Å². The van der Waals surface area contributed by atoms with Gasteiger partial charge in [0.25, 0.3) is 0 Å². The number of likely N-dealkylation sites (N-methyl/N-ethyl adjacent to an activating group) is 1. The van der Waals surface area contributed by atoms with E-state index in [0.717, 1.165) is 4.90 Å². The van der Waals surface area contributed by atoms with Crippen LogP contribution in [-0.2, 0) is 19.6 Å². The zero-order valence-electron chi connectivity index (χ0n) is 13.1. The highest BCUT2D eigenvalue weighted by Gasteiger charge is 2.41. The number of hydrogen-bond donors (Lipinski definition) is 0. The molecule has 6 nitrogen and oxygen atoms in total. The van der Waals surface area contributed by atoms with Crippen molar-refractivity contribution in [3.8, 4) is 0 Å². The van der Waals surface area contributed by atoms with Crippen molar-refractivity contribution in [2.45, 2.75) is 15.8 Å². The number of carbonyl (C=O) groups excluding carboxylic acids is 1. The quantitative estimate of drug-likeness (QED) is 0.753. The number of fused-ring (bicyclic) bond motifs is 3. The number of ether oxygens (including phenoxy) is 1. The minimum Gasteiger partial charge on any atom is -0.378 e. The van der Waals surface area contributed by atoms with Gasteiger partial charge in [0.2, 0.25) is 15.9 Å². The van der Waals surface area contributed by atoms with Crippen molar-refractivity contribution >= 4 is 27.7 Å². The molecule has 2 saturated heterocycles. The van der Waals surface area contributed by atoms with Gasteiger partial charge < -0.3 is 9.64 Å². The van der Waals surface area contributed by atoms with Gasteiger partial charge in [0.1, 0.15) is 0 Å². The van der Waals surface area contributed by atoms with E-state index in [1.165, 1.54) is 4.31 Å². The van der Waals surface area contributed by atoms with Crippen molar-refractivity contribution in [2.24, 2.45) is 5.92 Å². The van der Waals surface area contributed by atoms with Crippen LogP contribution in [0.15, 0.2) is 34.1 Å². The van der Waals surface area contributed by atoms with Crippen molar-refractivity contribution in [3.05, 3.63) is 24.3 Å². The largest absolute Gasteiger partial charge is 0.378 e. The summed E-state index contributed by atoms with van der Waals surface area (Å²) in [5.41, 5.74) is 0. The number of sulfonamides is 1. The predicted molar refractivity (Wildman–Crippen MR) is 87.8 cm³/mol. The number of amides is 1. The molecule has 2 aliphatic rings. The summed E-state index contributed by atoms with van der Waals surface area (Å²) in [5.74, 6) is -0.476. The lowest BCUT2D eigenvalue weighted by Crippen LogP contribution is -2.45. The van der Waals surface area contributed by atoms with Gasteiger partial charge >= 0.3 is 0 Å². The lowest BCUT2D eigenvalue weighted by molar-refractivity contribution is -0.133. The molecule has 1 aromatic carbocycles. The molecule has 2 fully saturated rings. The summed E-state index contributed by atoms with van der Waals surface area (Å²) in [6.07, 6.45) is 1.95. The van der Waals surface area contributed by atoms with E-state index in [9.17, 15) is 13.2 Å². The standard InChI is InChI=1S/C15H20N2O4S2/c1-16-12-8-17(7-11(15(16)18)9-21-10-12)23(19,20)14-5-3-13(22-2)4-6-14/h3-6,11-12H,7-10H2,1-2H3/t11-,12+/m1/s1. The van der Waals surface area contributed by atoms with Crippen LogP contribution in [0.4, 0.5) is 0 Å². The van der Waals surface area contributed by atoms with E-state index in [2.05, 4.69) is 0 Å². The molecule has 0 aliphatic carbocycles. The average molecular weight is 356 g/mol. The second-order valence-electron chi connectivity index (χ2n) is 5.83. The van der Waals surface area contributed by atoms with E-state index in [1.54, 1.807) is 48.0 Å². The lowest BCUT2D eigenvalue weighted by atomic mass is 10.1. The zero-order valence-corrected chi connectivity index (χ0v) is 14.8. The van der Waals surface area contributed by atoms with Gasteiger partial charge in [-0.1, -0.05) is 0 Å². The third kappa shape index (κ3) is 3.13. The first-order valence-electron chi connectivity index (χ1n) is 7.42. The Bertz CT molecular complexity index is 690. The minimum absolute atomic E-state index is 0.0390. The maximum absolute atomic E-state index is 12.9. The molecule has 0 spiro atoms. The summed E-state index contributed by atoms with van der Waals surface area (Å²) in [6, 6.07) is 6.62. The number of hydrogen-bond acceptors (Lipinski definition) is 5. The van der Waals surface area contributed by atoms with Gasteiger partial charge in [-0.2, -0.15) is 4.31 Å². The number of rotatable bonds is 3. The molecule has 23 heavy (non-hydrogen) atoms. The molecule has 8 heteroatoms. The highest BCUT2D eigenvalue weighted by Crippen LogP contribution is 2.26. The molecule has 2 heterocycles. The highest BCUT2D eigenvalue weighted by molar-refractivity contribution is 7.98. The molecule has 3 rings (SSSR count). The summed E-state index contributed by atoms with van der Waals surface area (Å²) < 4.78 is 32.8. The van der Waals surface area contributed by atoms with E-state index in [0.29, 0.717) is 6.61 Å². The SMILES string of the molecule is CSc1ccc(S(=O)(=O)N2C[C@@H]3COC[C@H](C2)N(C)C3=O)cc1. The average Bonchev–Trinajstić information content (AvgIpc) is 2.73. The Labute approximate surface area is 140 Å². The monoisotopic (exact) mass is 356 g/mol. The Morgan fingerprint density at radius 1 is 1.17 bits per heavy atom. The number of thioether (sulfide) groups is 1. The van der Waals surface area contributed by atoms with Crippen LogP contribution in [0, 0.1) is 5.92 Å². The number of nitrogens with zero attached hydrogens (tertiary/aromatic N) is 2. The summed E-state index contributed by atoms with van der Waals surface area (Å²) in [6.45, 7) is 1.09. The van der Waals surface area contributed by atoms with Gasteiger partial charge in [0.15, 0.2) is 0 Å². The topological polar surface area (TPSA) is 66.9 Å². The first kappa shape index (κ1) is 16.8. The lowest BCUT2D eigenvalue weighted by Gasteiger charge is -2.28. The Kier molecular flexibility index (Phi) is 4.68. The highest BCUT2D eigenvalue weighted by atomic mass is 32.2. The van der Waals surface area contributed by atoms with Crippen molar-refractivity contribution in [1.29, 1.82) is 0 Å². The molecule has 126 valence electrons. The smallest absolute Gasteiger partial charge is 0.243 e. The van der Waals surface area contributed by atoms with Crippen molar-refractivity contribution in [3.63, 3.8) is 0 Å². The van der Waals surface area contributed by atoms with E-state index in [4.69, 9.17) is 4.74 Å². The van der Waals surface area contributed by atoms with Gasteiger partial charge in [-0.05, 0) is 30.5 Å². The molecule has 0 unspecified atom stereocenters. The van der Waals surface area contributed by atoms with E-state index in [1.807, 2.05) is 6.26 Å². The van der Waals surface area contributed by atoms with Crippen LogP contribution in [0.3, 0.4) is 0 Å². The molecule has 0 radical (unpaired) electrons. The molecule has 0 N–H and O–H groups in total. The molecule has 0 saturated carbocycles. The summed E-state index contributed by atoms with van der Waals surface area (Å²) >= 11 is 1.56. The molecule has 0 aromatic heterocycles. The fourth-order valence-corrected chi connectivity index (χ4v) is 4.88. The van der Waals surface area contributed by atoms with Crippen LogP contribution in [0.25, 0.3) is 0 Å². The van der Waals surface area contributed by atoms with Gasteiger partial charge in [0, 0.05) is 25.0 Å². The molecule has 2 atom stereocenters. The zero-order chi connectivity index (χ0) is 16.6. The second kappa shape index (κ2) is 6.43. The van der Waals surface area contributed by atoms with Gasteiger partial charge in [-0.25, -0.2) is 8.42 Å². The third-order valence-corrected chi connectivity index (χ3v) is 7.00. The fourth-order valence-electron chi connectivity index (χ4n) is 2.95. The fraction of sp³-hybridized carbons (Fsp3) is 0.533. The van der Waals surface area contributed by atoms with E-state index in [-0.39, 0.29) is 36.5 Å². The van der Waals surface area contributed by atoms with Gasteiger partial charge in [-0.3, -0.25) is 4.79 Å². The number of carbonyl (C=O) groups is 1. The summed E-state index contributed by atoms with van der Waals surface area (Å²) in [4.78, 5) is 15.3. The van der Waals surface area contributed by atoms with Crippen molar-refractivity contribution in [1.82, 2.24) is 9.21 Å². The Hall–Kier alpha value is -1.09. The van der Waals surface area contributed by atoms with Crippen LogP contribution in [0.2, 0.25) is 0 Å². The van der Waals surface area contributed by atoms with Crippen LogP contribution >= 0.6 is 11.8 Å². The molecule has 2 bridgehead atoms.